The van der Waals surface area contributed by atoms with E-state index in [4.69, 9.17) is 19.9 Å². The van der Waals surface area contributed by atoms with Gasteiger partial charge in [0.2, 0.25) is 0 Å². The first-order valence-corrected chi connectivity index (χ1v) is 18.8. The predicted molar refractivity (Wildman–Crippen MR) is 229 cm³/mol. The highest BCUT2D eigenvalue weighted by Gasteiger charge is 2.21. The van der Waals surface area contributed by atoms with E-state index in [1.165, 1.54) is 16.3 Å². The molecule has 0 aliphatic carbocycles. The van der Waals surface area contributed by atoms with Crippen LogP contribution in [0.25, 0.3) is 95.3 Å². The summed E-state index contributed by atoms with van der Waals surface area (Å²) in [5.41, 5.74) is 13.6. The van der Waals surface area contributed by atoms with Crippen LogP contribution in [0, 0.1) is 6.92 Å². The second-order valence-corrected chi connectivity index (χ2v) is 14.0. The van der Waals surface area contributed by atoms with Crippen molar-refractivity contribution < 1.29 is 0 Å². The van der Waals surface area contributed by atoms with Crippen molar-refractivity contribution in [3.05, 3.63) is 200 Å². The molecule has 3 aromatic heterocycles. The Hall–Kier alpha value is -7.50. The van der Waals surface area contributed by atoms with Crippen molar-refractivity contribution >= 4 is 21.8 Å². The Balaban J connectivity index is 1.27. The normalized spacial score (nSPS) is 11.3. The molecule has 0 bridgehead atoms. The molecule has 0 amide bonds. The molecule has 3 heterocycles. The van der Waals surface area contributed by atoms with E-state index in [1.54, 1.807) is 0 Å². The highest BCUT2D eigenvalue weighted by molar-refractivity contribution is 6.10. The Morgan fingerprint density at radius 3 is 1.30 bits per heavy atom. The predicted octanol–water partition coefficient (Wildman–Crippen LogP) is 12.7. The van der Waals surface area contributed by atoms with Crippen molar-refractivity contribution in [2.45, 2.75) is 6.92 Å². The average Bonchev–Trinajstić information content (AvgIpc) is 3.60. The van der Waals surface area contributed by atoms with E-state index in [1.807, 2.05) is 72.8 Å². The molecule has 56 heavy (non-hydrogen) atoms. The lowest BCUT2D eigenvalue weighted by Gasteiger charge is -2.17. The minimum Gasteiger partial charge on any atom is -0.309 e. The van der Waals surface area contributed by atoms with Gasteiger partial charge in [0.1, 0.15) is 0 Å². The number of rotatable bonds is 7. The van der Waals surface area contributed by atoms with E-state index >= 15 is 0 Å². The molecule has 0 saturated carbocycles. The lowest BCUT2D eigenvalue weighted by atomic mass is 10.0. The fourth-order valence-corrected chi connectivity index (χ4v) is 7.57. The van der Waals surface area contributed by atoms with Crippen molar-refractivity contribution in [2.24, 2.45) is 0 Å². The molecule has 10 aromatic rings. The van der Waals surface area contributed by atoms with Crippen LogP contribution in [0.4, 0.5) is 0 Å². The van der Waals surface area contributed by atoms with Gasteiger partial charge in [0.15, 0.2) is 11.6 Å². The Kier molecular flexibility index (Phi) is 8.30. The smallest absolute Gasteiger partial charge is 0.162 e. The van der Waals surface area contributed by atoms with Gasteiger partial charge in [-0.2, -0.15) is 0 Å². The molecule has 0 atom stereocenters. The van der Waals surface area contributed by atoms with Crippen molar-refractivity contribution in [1.82, 2.24) is 24.5 Å². The minimum absolute atomic E-state index is 0.614. The van der Waals surface area contributed by atoms with Crippen LogP contribution in [-0.2, 0) is 0 Å². The Morgan fingerprint density at radius 2 is 0.786 bits per heavy atom. The number of benzene rings is 7. The maximum absolute atomic E-state index is 5.34. The van der Waals surface area contributed by atoms with Gasteiger partial charge in [-0.1, -0.05) is 151 Å². The molecule has 10 rings (SSSR count). The second-order valence-electron chi connectivity index (χ2n) is 14.0. The van der Waals surface area contributed by atoms with Gasteiger partial charge in [-0.25, -0.2) is 19.9 Å². The second kappa shape index (κ2) is 14.0. The first-order chi connectivity index (χ1) is 27.7. The van der Waals surface area contributed by atoms with Crippen LogP contribution >= 0.6 is 0 Å². The van der Waals surface area contributed by atoms with Crippen LogP contribution in [-0.4, -0.2) is 24.5 Å². The lowest BCUT2D eigenvalue weighted by molar-refractivity contribution is 1.13. The van der Waals surface area contributed by atoms with Crippen LogP contribution in [0.15, 0.2) is 194 Å². The van der Waals surface area contributed by atoms with Crippen LogP contribution in [0.5, 0.6) is 0 Å². The third-order valence-corrected chi connectivity index (χ3v) is 10.3. The molecular weight excluding hydrogens is 683 g/mol. The summed E-state index contributed by atoms with van der Waals surface area (Å²) in [5.74, 6) is 1.24. The number of para-hydroxylation sites is 1. The van der Waals surface area contributed by atoms with E-state index in [0.717, 1.165) is 72.9 Å². The zero-order valence-electron chi connectivity index (χ0n) is 30.7. The fraction of sp³-hybridized carbons (Fsp3) is 0.0196. The topological polar surface area (TPSA) is 56.5 Å². The highest BCUT2D eigenvalue weighted by atomic mass is 15.0. The van der Waals surface area contributed by atoms with Gasteiger partial charge < -0.3 is 4.57 Å². The Labute approximate surface area is 325 Å². The molecule has 0 aliphatic rings. The summed E-state index contributed by atoms with van der Waals surface area (Å²) >= 11 is 0. The number of nitrogens with zero attached hydrogens (tertiary/aromatic N) is 5. The van der Waals surface area contributed by atoms with Crippen molar-refractivity contribution in [2.75, 3.05) is 0 Å². The van der Waals surface area contributed by atoms with Gasteiger partial charge in [0, 0.05) is 44.2 Å². The number of aromatic nitrogens is 5. The van der Waals surface area contributed by atoms with Gasteiger partial charge in [-0.3, -0.25) is 0 Å². The first kappa shape index (κ1) is 33.1. The van der Waals surface area contributed by atoms with E-state index in [9.17, 15) is 0 Å². The van der Waals surface area contributed by atoms with Gasteiger partial charge in [-0.05, 0) is 55.5 Å². The fourth-order valence-electron chi connectivity index (χ4n) is 7.57. The summed E-state index contributed by atoms with van der Waals surface area (Å²) in [4.78, 5) is 21.1. The summed E-state index contributed by atoms with van der Waals surface area (Å²) in [6.45, 7) is 2.15. The lowest BCUT2D eigenvalue weighted by Crippen LogP contribution is -2.03. The molecule has 0 aliphatic heterocycles. The molecule has 0 fully saturated rings. The summed E-state index contributed by atoms with van der Waals surface area (Å²) in [6.07, 6.45) is 0. The molecule has 0 unspecified atom stereocenters. The SMILES string of the molecule is Cc1ccc2c(c1)c1ccccc1n2-c1ccc(-c2nc(-c3ccccc3)cc(-c3ccccc3)n2)cc1-c1nc(-c2ccccc2)cc(-c2ccccc2)n1. The van der Waals surface area contributed by atoms with Crippen LogP contribution in [0.3, 0.4) is 0 Å². The van der Waals surface area contributed by atoms with E-state index in [2.05, 4.69) is 133 Å². The molecule has 5 nitrogen and oxygen atoms in total. The van der Waals surface area contributed by atoms with Crippen LogP contribution in [0.1, 0.15) is 5.56 Å². The quantitative estimate of drug-likeness (QED) is 0.165. The zero-order valence-corrected chi connectivity index (χ0v) is 30.7. The van der Waals surface area contributed by atoms with Crippen molar-refractivity contribution in [1.29, 1.82) is 0 Å². The van der Waals surface area contributed by atoms with Gasteiger partial charge in [-0.15, -0.1) is 0 Å². The monoisotopic (exact) mass is 717 g/mol. The van der Waals surface area contributed by atoms with E-state index in [-0.39, 0.29) is 0 Å². The van der Waals surface area contributed by atoms with Crippen molar-refractivity contribution in [3.63, 3.8) is 0 Å². The molecule has 0 N–H and O–H groups in total. The summed E-state index contributed by atoms with van der Waals surface area (Å²) < 4.78 is 2.35. The van der Waals surface area contributed by atoms with Crippen molar-refractivity contribution in [3.8, 4) is 73.5 Å². The molecule has 0 spiro atoms. The van der Waals surface area contributed by atoms with Gasteiger partial charge >= 0.3 is 0 Å². The number of hydrogen-bond acceptors (Lipinski definition) is 4. The maximum atomic E-state index is 5.34. The van der Waals surface area contributed by atoms with Gasteiger partial charge in [0.25, 0.3) is 0 Å². The highest BCUT2D eigenvalue weighted by Crippen LogP contribution is 2.39. The number of aryl methyl sites for hydroxylation is 1. The molecular formula is C51H35N5. The number of fused-ring (bicyclic) bond motifs is 3. The number of hydrogen-bond donors (Lipinski definition) is 0. The van der Waals surface area contributed by atoms with E-state index < -0.39 is 0 Å². The van der Waals surface area contributed by atoms with Crippen LogP contribution in [0.2, 0.25) is 0 Å². The van der Waals surface area contributed by atoms with Gasteiger partial charge in [0.05, 0.1) is 39.5 Å². The molecule has 5 heteroatoms. The third-order valence-electron chi connectivity index (χ3n) is 10.3. The zero-order chi connectivity index (χ0) is 37.4. The average molecular weight is 718 g/mol. The standard InChI is InChI=1S/C51H35N5/c1-34-26-28-48-41(30-34)40-24-14-15-25-47(40)56(48)49-29-27-39(50-52-43(35-16-6-2-7-17-35)32-44(53-50)36-18-8-3-9-19-36)31-42(49)51-54-45(37-20-10-4-11-21-37)33-46(55-51)38-22-12-5-13-23-38/h2-33H,1H3. The molecule has 264 valence electrons. The summed E-state index contributed by atoms with van der Waals surface area (Å²) in [7, 11) is 0. The molecule has 0 radical (unpaired) electrons. The van der Waals surface area contributed by atoms with E-state index in [0.29, 0.717) is 11.6 Å². The van der Waals surface area contributed by atoms with Crippen LogP contribution < -0.4 is 0 Å². The summed E-state index contributed by atoms with van der Waals surface area (Å²) in [6, 6.07) is 67.1. The Morgan fingerprint density at radius 1 is 0.339 bits per heavy atom. The first-order valence-electron chi connectivity index (χ1n) is 18.8. The maximum Gasteiger partial charge on any atom is 0.162 e. The largest absolute Gasteiger partial charge is 0.309 e. The molecule has 0 saturated heterocycles. The minimum atomic E-state index is 0.614. The molecule has 7 aromatic carbocycles. The Bertz CT molecular complexity index is 2900. The summed E-state index contributed by atoms with van der Waals surface area (Å²) in [5, 5.41) is 2.39. The third kappa shape index (κ3) is 6.11.